The molecular weight excluding hydrogens is 548 g/mol. The Morgan fingerprint density at radius 1 is 1.10 bits per heavy atom. The highest BCUT2D eigenvalue weighted by Gasteiger charge is 2.63. The van der Waals surface area contributed by atoms with Gasteiger partial charge in [0.25, 0.3) is 10.8 Å². The molecule has 0 aromatic heterocycles. The summed E-state index contributed by atoms with van der Waals surface area (Å²) in [5, 5.41) is 55.0. The first-order chi connectivity index (χ1) is 19.6. The SMILES string of the molecule is CN(C)c1cc(-c2cccc([N+](=O)O)c2)c(O)c2c1C[C@H]1C[C@H]3[C@H](N(C)C)C(O)=C(C(N)=O)C(=O)[C@@]3(O)C(O)=C1C2=O. The molecule has 2 aromatic rings. The molecule has 42 heavy (non-hydrogen) atoms. The highest BCUT2D eigenvalue weighted by atomic mass is 16.6. The van der Waals surface area contributed by atoms with Gasteiger partial charge < -0.3 is 31.1 Å². The van der Waals surface area contributed by atoms with E-state index >= 15 is 0 Å². The van der Waals surface area contributed by atoms with Gasteiger partial charge in [0.05, 0.1) is 16.5 Å². The number of hydrogen-bond acceptors (Lipinski definition) is 10. The molecule has 13 heteroatoms. The summed E-state index contributed by atoms with van der Waals surface area (Å²) in [4.78, 5) is 54.2. The molecule has 4 atom stereocenters. The number of amides is 1. The van der Waals surface area contributed by atoms with E-state index in [9.17, 15) is 44.9 Å². The fraction of sp³-hybridized carbons (Fsp3) is 0.345. The molecule has 7 N–H and O–H groups in total. The predicted octanol–water partition coefficient (Wildman–Crippen LogP) is 1.65. The molecule has 220 valence electrons. The van der Waals surface area contributed by atoms with Gasteiger partial charge in [0.2, 0.25) is 5.78 Å². The van der Waals surface area contributed by atoms with Gasteiger partial charge in [0.1, 0.15) is 22.8 Å². The van der Waals surface area contributed by atoms with Crippen molar-refractivity contribution in [3.8, 4) is 16.9 Å². The highest BCUT2D eigenvalue weighted by molar-refractivity contribution is 6.25. The van der Waals surface area contributed by atoms with Crippen LogP contribution in [0.15, 0.2) is 53.0 Å². The molecule has 0 saturated heterocycles. The van der Waals surface area contributed by atoms with E-state index in [4.69, 9.17) is 5.73 Å². The van der Waals surface area contributed by atoms with E-state index in [0.29, 0.717) is 16.8 Å². The highest BCUT2D eigenvalue weighted by Crippen LogP contribution is 2.54. The Bertz CT molecular complexity index is 1660. The standard InChI is InChI=1S/C29H30N4O9/c1-31(2)18-11-15(12-6-5-7-14(8-12)33(41)42)23(34)20-16(18)9-13-10-17-22(32(3)4)25(36)21(28(30)39)27(38)29(17,40)26(37)19(13)24(20)35/h5-8,11,13,17,22,40H,9-10H2,1-4H3,(H5-,30,34,35,36,37,38,39,41,42)/p+1/t13-,17-,22-,29-/m0/s1. The molecule has 0 fully saturated rings. The number of benzene rings is 2. The number of nitrogens with zero attached hydrogens (tertiary/aromatic N) is 3. The van der Waals surface area contributed by atoms with Crippen molar-refractivity contribution in [1.82, 2.24) is 4.90 Å². The molecule has 0 aliphatic heterocycles. The molecule has 0 saturated carbocycles. The topological polar surface area (TPSA) is 205 Å². The van der Waals surface area contributed by atoms with Crippen LogP contribution >= 0.6 is 0 Å². The number of likely N-dealkylation sites (N-methyl/N-ethyl adjacent to an activating group) is 1. The van der Waals surface area contributed by atoms with E-state index < -0.39 is 63.8 Å². The third kappa shape index (κ3) is 3.88. The van der Waals surface area contributed by atoms with Gasteiger partial charge in [0.15, 0.2) is 11.4 Å². The number of carbonyl (C=O) groups is 3. The number of hydrogen-bond donors (Lipinski definition) is 6. The van der Waals surface area contributed by atoms with Crippen molar-refractivity contribution in [2.45, 2.75) is 24.5 Å². The van der Waals surface area contributed by atoms with Gasteiger partial charge in [-0.2, -0.15) is 0 Å². The van der Waals surface area contributed by atoms with E-state index in [-0.39, 0.29) is 40.2 Å². The van der Waals surface area contributed by atoms with Gasteiger partial charge in [-0.3, -0.25) is 19.3 Å². The van der Waals surface area contributed by atoms with Crippen molar-refractivity contribution in [3.05, 3.63) is 69.0 Å². The molecule has 1 amide bonds. The van der Waals surface area contributed by atoms with Gasteiger partial charge in [0, 0.05) is 49.0 Å². The zero-order valence-electron chi connectivity index (χ0n) is 23.3. The number of phenols is 1. The maximum absolute atomic E-state index is 14.2. The zero-order chi connectivity index (χ0) is 31.0. The molecule has 0 unspecified atom stereocenters. The predicted molar refractivity (Wildman–Crippen MR) is 149 cm³/mol. The molecule has 0 bridgehead atoms. The van der Waals surface area contributed by atoms with Crippen LogP contribution in [0.5, 0.6) is 5.75 Å². The van der Waals surface area contributed by atoms with E-state index in [1.54, 1.807) is 45.2 Å². The Kier molecular flexibility index (Phi) is 6.62. The van der Waals surface area contributed by atoms with Crippen molar-refractivity contribution in [1.29, 1.82) is 0 Å². The Balaban J connectivity index is 1.75. The number of nitrogens with two attached hydrogens (primary N) is 1. The van der Waals surface area contributed by atoms with Crippen molar-refractivity contribution in [3.63, 3.8) is 0 Å². The van der Waals surface area contributed by atoms with Crippen molar-refractivity contribution < 1.29 is 44.9 Å². The van der Waals surface area contributed by atoms with E-state index in [2.05, 4.69) is 0 Å². The lowest BCUT2D eigenvalue weighted by molar-refractivity contribution is -0.729. The van der Waals surface area contributed by atoms with Crippen LogP contribution in [0.3, 0.4) is 0 Å². The van der Waals surface area contributed by atoms with Gasteiger partial charge in [-0.05, 0) is 50.0 Å². The number of rotatable bonds is 5. The molecule has 3 aliphatic rings. The monoisotopic (exact) mass is 579 g/mol. The summed E-state index contributed by atoms with van der Waals surface area (Å²) in [5.41, 5.74) is 2.69. The van der Waals surface area contributed by atoms with Crippen molar-refractivity contribution >= 4 is 28.8 Å². The van der Waals surface area contributed by atoms with Crippen LogP contribution in [0.2, 0.25) is 0 Å². The average Bonchev–Trinajstić information content (AvgIpc) is 2.90. The maximum atomic E-state index is 14.2. The average molecular weight is 580 g/mol. The molecule has 0 spiro atoms. The smallest absolute Gasteiger partial charge is 0.317 e. The molecule has 13 nitrogen and oxygen atoms in total. The molecular formula is C29H31N4O9+. The number of carbonyl (C=O) groups excluding carboxylic acids is 3. The quantitative estimate of drug-likeness (QED) is 0.222. The van der Waals surface area contributed by atoms with E-state index in [0.717, 1.165) is 0 Å². The molecule has 0 radical (unpaired) electrons. The Hall–Kier alpha value is -4.75. The second kappa shape index (κ2) is 9.67. The van der Waals surface area contributed by atoms with Crippen LogP contribution in [-0.2, 0) is 16.0 Å². The summed E-state index contributed by atoms with van der Waals surface area (Å²) in [5.74, 6) is -7.33. The molecule has 2 aromatic carbocycles. The molecule has 3 aliphatic carbocycles. The maximum Gasteiger partial charge on any atom is 0.317 e. The first-order valence-electron chi connectivity index (χ1n) is 13.1. The van der Waals surface area contributed by atoms with Crippen LogP contribution in [0, 0.1) is 16.7 Å². The third-order valence-corrected chi connectivity index (χ3v) is 8.56. The Morgan fingerprint density at radius 2 is 1.76 bits per heavy atom. The number of Topliss-reactive ketones (excluding diaryl/α,β-unsaturated/α-hetero) is 2. The van der Waals surface area contributed by atoms with Gasteiger partial charge in [-0.25, -0.2) is 5.21 Å². The van der Waals surface area contributed by atoms with Gasteiger partial charge in [-0.15, -0.1) is 0 Å². The lowest BCUT2D eigenvalue weighted by Crippen LogP contribution is -2.63. The van der Waals surface area contributed by atoms with Gasteiger partial charge in [-0.1, -0.05) is 12.1 Å². The second-order valence-electron chi connectivity index (χ2n) is 11.3. The van der Waals surface area contributed by atoms with Crippen molar-refractivity contribution in [2.24, 2.45) is 17.6 Å². The molecule has 5 rings (SSSR count). The van der Waals surface area contributed by atoms with Crippen molar-refractivity contribution in [2.75, 3.05) is 33.1 Å². The second-order valence-corrected chi connectivity index (χ2v) is 11.3. The number of aliphatic hydroxyl groups excluding tert-OH is 2. The molecule has 0 heterocycles. The van der Waals surface area contributed by atoms with Crippen LogP contribution in [0.4, 0.5) is 11.4 Å². The number of primary amides is 1. The minimum atomic E-state index is -2.74. The lowest BCUT2D eigenvalue weighted by atomic mass is 9.58. The van der Waals surface area contributed by atoms with Crippen LogP contribution in [0.25, 0.3) is 11.1 Å². The normalized spacial score (nSPS) is 25.2. The number of aromatic hydroxyl groups is 1. The number of aliphatic hydroxyl groups is 3. The minimum absolute atomic E-state index is 0.0287. The number of fused-ring (bicyclic) bond motifs is 3. The summed E-state index contributed by atoms with van der Waals surface area (Å²) in [7, 11) is 6.61. The summed E-state index contributed by atoms with van der Waals surface area (Å²) in [6.07, 6.45) is 0.0972. The summed E-state index contributed by atoms with van der Waals surface area (Å²) < 4.78 is 0. The number of phenolic OH excluding ortho intramolecular Hbond substituents is 1. The number of ketones is 2. The fourth-order valence-electron chi connectivity index (χ4n) is 6.71. The lowest BCUT2D eigenvalue weighted by Gasteiger charge is -2.50. The Labute approximate surface area is 239 Å². The van der Waals surface area contributed by atoms with E-state index in [1.807, 2.05) is 0 Å². The van der Waals surface area contributed by atoms with Crippen LogP contribution in [0.1, 0.15) is 22.3 Å². The van der Waals surface area contributed by atoms with Crippen LogP contribution in [-0.4, -0.2) is 92.8 Å². The van der Waals surface area contributed by atoms with E-state index in [1.165, 1.54) is 23.1 Å². The van der Waals surface area contributed by atoms with Gasteiger partial charge >= 0.3 is 5.69 Å². The number of anilines is 1. The largest absolute Gasteiger partial charge is 0.510 e. The third-order valence-electron chi connectivity index (χ3n) is 8.56. The fourth-order valence-corrected chi connectivity index (χ4v) is 6.71. The summed E-state index contributed by atoms with van der Waals surface area (Å²) in [6.45, 7) is 0. The van der Waals surface area contributed by atoms with Crippen LogP contribution < -0.4 is 10.6 Å². The number of allylic oxidation sites excluding steroid dienone is 1. The summed E-state index contributed by atoms with van der Waals surface area (Å²) >= 11 is 0. The Morgan fingerprint density at radius 3 is 2.33 bits per heavy atom. The minimum Gasteiger partial charge on any atom is -0.510 e. The zero-order valence-corrected chi connectivity index (χ0v) is 23.3. The summed E-state index contributed by atoms with van der Waals surface area (Å²) in [6, 6.07) is 6.28. The first kappa shape index (κ1) is 28.8. The first-order valence-corrected chi connectivity index (χ1v) is 13.1.